The van der Waals surface area contributed by atoms with Crippen molar-refractivity contribution in [2.45, 2.75) is 19.3 Å². The fraction of sp³-hybridized carbons (Fsp3) is 0.400. The molecule has 0 amide bonds. The molecule has 1 aromatic rings. The van der Waals surface area contributed by atoms with E-state index in [-0.39, 0.29) is 11.7 Å². The summed E-state index contributed by atoms with van der Waals surface area (Å²) in [6.07, 6.45) is 4.67. The SMILES string of the molecule is CN(C)C1=CC(=O)C(Cc2ccccc2)CC1. The number of ketones is 1. The summed E-state index contributed by atoms with van der Waals surface area (Å²) in [7, 11) is 3.99. The molecule has 2 heteroatoms. The molecule has 1 atom stereocenters. The molecule has 2 rings (SSSR count). The van der Waals surface area contributed by atoms with E-state index in [2.05, 4.69) is 12.1 Å². The predicted molar refractivity (Wildman–Crippen MR) is 69.6 cm³/mol. The Hall–Kier alpha value is -1.57. The monoisotopic (exact) mass is 229 g/mol. The maximum absolute atomic E-state index is 12.0. The van der Waals surface area contributed by atoms with E-state index in [9.17, 15) is 4.79 Å². The van der Waals surface area contributed by atoms with Gasteiger partial charge in [0, 0.05) is 31.8 Å². The molecule has 90 valence electrons. The Labute approximate surface area is 103 Å². The highest BCUT2D eigenvalue weighted by Crippen LogP contribution is 2.24. The zero-order chi connectivity index (χ0) is 12.3. The van der Waals surface area contributed by atoms with E-state index in [1.807, 2.05) is 43.3 Å². The van der Waals surface area contributed by atoms with Gasteiger partial charge in [-0.1, -0.05) is 30.3 Å². The van der Waals surface area contributed by atoms with Crippen molar-refractivity contribution in [3.8, 4) is 0 Å². The summed E-state index contributed by atoms with van der Waals surface area (Å²) in [4.78, 5) is 14.0. The van der Waals surface area contributed by atoms with Crippen LogP contribution in [0.2, 0.25) is 0 Å². The molecule has 0 fully saturated rings. The normalized spacial score (nSPS) is 20.0. The summed E-state index contributed by atoms with van der Waals surface area (Å²) in [5.74, 6) is 0.449. The number of hydrogen-bond donors (Lipinski definition) is 0. The number of rotatable bonds is 3. The van der Waals surface area contributed by atoms with Crippen molar-refractivity contribution in [2.24, 2.45) is 5.92 Å². The van der Waals surface area contributed by atoms with Gasteiger partial charge in [0.1, 0.15) is 0 Å². The predicted octanol–water partition coefficient (Wildman–Crippen LogP) is 2.65. The van der Waals surface area contributed by atoms with Crippen LogP contribution in [0.4, 0.5) is 0 Å². The summed E-state index contributed by atoms with van der Waals surface area (Å²) >= 11 is 0. The van der Waals surface area contributed by atoms with Gasteiger partial charge in [0.15, 0.2) is 5.78 Å². The highest BCUT2D eigenvalue weighted by molar-refractivity contribution is 5.93. The summed E-state index contributed by atoms with van der Waals surface area (Å²) < 4.78 is 0. The van der Waals surface area contributed by atoms with Gasteiger partial charge in [-0.3, -0.25) is 4.79 Å². The lowest BCUT2D eigenvalue weighted by Crippen LogP contribution is -2.24. The first-order valence-corrected chi connectivity index (χ1v) is 6.12. The van der Waals surface area contributed by atoms with E-state index in [1.54, 1.807) is 0 Å². The first-order valence-electron chi connectivity index (χ1n) is 6.12. The molecule has 0 spiro atoms. The maximum atomic E-state index is 12.0. The molecule has 0 bridgehead atoms. The van der Waals surface area contributed by atoms with Gasteiger partial charge in [-0.25, -0.2) is 0 Å². The van der Waals surface area contributed by atoms with E-state index < -0.39 is 0 Å². The van der Waals surface area contributed by atoms with Gasteiger partial charge < -0.3 is 4.90 Å². The lowest BCUT2D eigenvalue weighted by atomic mass is 9.86. The number of allylic oxidation sites excluding steroid dienone is 2. The van der Waals surface area contributed by atoms with E-state index in [0.717, 1.165) is 25.0 Å². The first kappa shape index (κ1) is 11.9. The average Bonchev–Trinajstić information content (AvgIpc) is 2.33. The second-order valence-electron chi connectivity index (χ2n) is 4.86. The molecule has 0 saturated carbocycles. The summed E-state index contributed by atoms with van der Waals surface area (Å²) in [6, 6.07) is 10.3. The molecule has 2 nitrogen and oxygen atoms in total. The second-order valence-corrected chi connectivity index (χ2v) is 4.86. The first-order chi connectivity index (χ1) is 8.16. The Morgan fingerprint density at radius 1 is 1.24 bits per heavy atom. The van der Waals surface area contributed by atoms with E-state index in [0.29, 0.717) is 0 Å². The van der Waals surface area contributed by atoms with Crippen LogP contribution in [0.15, 0.2) is 42.1 Å². The minimum atomic E-state index is 0.168. The summed E-state index contributed by atoms with van der Waals surface area (Å²) in [6.45, 7) is 0. The third kappa shape index (κ3) is 2.96. The summed E-state index contributed by atoms with van der Waals surface area (Å²) in [5.41, 5.74) is 2.41. The molecule has 17 heavy (non-hydrogen) atoms. The highest BCUT2D eigenvalue weighted by atomic mass is 16.1. The topological polar surface area (TPSA) is 20.3 Å². The van der Waals surface area contributed by atoms with Gasteiger partial charge in [0.2, 0.25) is 0 Å². The molecule has 1 aliphatic rings. The Bertz CT molecular complexity index is 420. The van der Waals surface area contributed by atoms with Crippen LogP contribution in [0.3, 0.4) is 0 Å². The van der Waals surface area contributed by atoms with E-state index >= 15 is 0 Å². The minimum Gasteiger partial charge on any atom is -0.381 e. The zero-order valence-electron chi connectivity index (χ0n) is 10.5. The van der Waals surface area contributed by atoms with Crippen molar-refractivity contribution >= 4 is 5.78 Å². The van der Waals surface area contributed by atoms with Gasteiger partial charge in [0.05, 0.1) is 0 Å². The third-order valence-electron chi connectivity index (χ3n) is 3.36. The van der Waals surface area contributed by atoms with E-state index in [1.165, 1.54) is 5.56 Å². The second kappa shape index (κ2) is 5.17. The molecule has 1 unspecified atom stereocenters. The van der Waals surface area contributed by atoms with Gasteiger partial charge in [-0.2, -0.15) is 0 Å². The molecule has 0 aromatic heterocycles. The van der Waals surface area contributed by atoms with Crippen LogP contribution in [0, 0.1) is 5.92 Å². The van der Waals surface area contributed by atoms with Crippen molar-refractivity contribution in [3.63, 3.8) is 0 Å². The molecule has 1 aromatic carbocycles. The molecule has 1 aliphatic carbocycles. The Kier molecular flexibility index (Phi) is 3.62. The smallest absolute Gasteiger partial charge is 0.160 e. The van der Waals surface area contributed by atoms with Gasteiger partial charge in [0.25, 0.3) is 0 Å². The number of nitrogens with zero attached hydrogens (tertiary/aromatic N) is 1. The molecule has 0 saturated heterocycles. The number of hydrogen-bond acceptors (Lipinski definition) is 2. The Morgan fingerprint density at radius 3 is 2.53 bits per heavy atom. The fourth-order valence-electron chi connectivity index (χ4n) is 2.27. The number of carbonyl (C=O) groups excluding carboxylic acids is 1. The molecular formula is C15H19NO. The lowest BCUT2D eigenvalue weighted by Gasteiger charge is -2.25. The quantitative estimate of drug-likeness (QED) is 0.794. The lowest BCUT2D eigenvalue weighted by molar-refractivity contribution is -0.119. The molecule has 0 radical (unpaired) electrons. The van der Waals surface area contributed by atoms with Crippen molar-refractivity contribution < 1.29 is 4.79 Å². The molecule has 0 heterocycles. The standard InChI is InChI=1S/C15H19NO/c1-16(2)14-9-8-13(15(17)11-14)10-12-6-4-3-5-7-12/h3-7,11,13H,8-10H2,1-2H3. The van der Waals surface area contributed by atoms with Gasteiger partial charge >= 0.3 is 0 Å². The van der Waals surface area contributed by atoms with Crippen molar-refractivity contribution in [1.29, 1.82) is 0 Å². The Morgan fingerprint density at radius 2 is 1.94 bits per heavy atom. The zero-order valence-corrected chi connectivity index (χ0v) is 10.5. The van der Waals surface area contributed by atoms with Crippen LogP contribution in [-0.4, -0.2) is 24.8 Å². The van der Waals surface area contributed by atoms with Crippen LogP contribution in [0.25, 0.3) is 0 Å². The van der Waals surface area contributed by atoms with Crippen LogP contribution in [-0.2, 0) is 11.2 Å². The van der Waals surface area contributed by atoms with Crippen LogP contribution in [0.1, 0.15) is 18.4 Å². The third-order valence-corrected chi connectivity index (χ3v) is 3.36. The van der Waals surface area contributed by atoms with Crippen LogP contribution >= 0.6 is 0 Å². The van der Waals surface area contributed by atoms with E-state index in [4.69, 9.17) is 0 Å². The number of carbonyl (C=O) groups is 1. The maximum Gasteiger partial charge on any atom is 0.160 e. The van der Waals surface area contributed by atoms with Crippen molar-refractivity contribution in [1.82, 2.24) is 4.90 Å². The van der Waals surface area contributed by atoms with Crippen molar-refractivity contribution in [2.75, 3.05) is 14.1 Å². The van der Waals surface area contributed by atoms with Crippen LogP contribution in [0.5, 0.6) is 0 Å². The number of benzene rings is 1. The highest BCUT2D eigenvalue weighted by Gasteiger charge is 2.23. The van der Waals surface area contributed by atoms with Crippen LogP contribution < -0.4 is 0 Å². The molecular weight excluding hydrogens is 210 g/mol. The van der Waals surface area contributed by atoms with Gasteiger partial charge in [-0.05, 0) is 24.8 Å². The van der Waals surface area contributed by atoms with Crippen molar-refractivity contribution in [3.05, 3.63) is 47.7 Å². The Balaban J connectivity index is 2.04. The molecule has 0 aliphatic heterocycles. The summed E-state index contributed by atoms with van der Waals surface area (Å²) in [5, 5.41) is 0. The average molecular weight is 229 g/mol. The molecule has 0 N–H and O–H groups in total. The van der Waals surface area contributed by atoms with Gasteiger partial charge in [-0.15, -0.1) is 0 Å². The fourth-order valence-corrected chi connectivity index (χ4v) is 2.27. The largest absolute Gasteiger partial charge is 0.381 e. The minimum absolute atomic E-state index is 0.168.